The molecule has 0 spiro atoms. The Balaban J connectivity index is 2.23. The Morgan fingerprint density at radius 1 is 1.33 bits per heavy atom. The van der Waals surface area contributed by atoms with Crippen LogP contribution in [0.2, 0.25) is 0 Å². The van der Waals surface area contributed by atoms with Gasteiger partial charge in [-0.3, -0.25) is 10.1 Å². The molecule has 0 saturated carbocycles. The molecule has 0 aromatic heterocycles. The summed E-state index contributed by atoms with van der Waals surface area (Å²) < 4.78 is 47.3. The van der Waals surface area contributed by atoms with Crippen molar-refractivity contribution in [3.63, 3.8) is 0 Å². The van der Waals surface area contributed by atoms with Crippen molar-refractivity contribution in [1.82, 2.24) is 0 Å². The van der Waals surface area contributed by atoms with E-state index in [0.29, 0.717) is 6.07 Å². The highest BCUT2D eigenvalue weighted by Gasteiger charge is 2.25. The number of rotatable bonds is 4. The van der Waals surface area contributed by atoms with Gasteiger partial charge in [-0.05, 0) is 12.0 Å². The summed E-state index contributed by atoms with van der Waals surface area (Å²) in [5, 5.41) is 1.98. The molecule has 1 aromatic rings. The van der Waals surface area contributed by atoms with Gasteiger partial charge in [0.05, 0.1) is 12.3 Å². The number of hydrogen-bond acceptors (Lipinski definition) is 4. The van der Waals surface area contributed by atoms with E-state index in [2.05, 4.69) is 0 Å². The minimum absolute atomic E-state index is 0.0336. The van der Waals surface area contributed by atoms with Crippen molar-refractivity contribution in [2.24, 2.45) is 5.92 Å². The molecule has 2 rings (SSSR count). The fraction of sp³-hybridized carbons (Fsp3) is 0.375. The van der Waals surface area contributed by atoms with Crippen molar-refractivity contribution in [1.29, 1.82) is 0 Å². The Hall–Kier alpha value is -2.51. The van der Waals surface area contributed by atoms with Gasteiger partial charge in [0.1, 0.15) is 5.69 Å². The van der Waals surface area contributed by atoms with Crippen molar-refractivity contribution in [2.45, 2.75) is 20.3 Å². The Kier molecular flexibility index (Phi) is 5.48. The van der Waals surface area contributed by atoms with Gasteiger partial charge in [-0.1, -0.05) is 13.8 Å². The average molecular weight is 342 g/mol. The van der Waals surface area contributed by atoms with E-state index >= 15 is 0 Å². The van der Waals surface area contributed by atoms with Gasteiger partial charge in [-0.2, -0.15) is 0 Å². The molecule has 8 heteroatoms. The fourth-order valence-corrected chi connectivity index (χ4v) is 2.08. The van der Waals surface area contributed by atoms with E-state index in [1.807, 2.05) is 5.32 Å². The van der Waals surface area contributed by atoms with Gasteiger partial charge < -0.3 is 9.64 Å². The molecule has 1 aliphatic heterocycles. The molecule has 0 atom stereocenters. The standard InChI is InChI=1S/C16H17F3N2O3/c1-9(2)8-24-16(23)20-12-7-11(17)15(14(19)13(12)18)21-5-3-10(22)4-6-21/h3,5,7,9H,4,6,8H2,1-2H3,(H,20,23). The van der Waals surface area contributed by atoms with E-state index in [4.69, 9.17) is 4.74 Å². The molecule has 1 aromatic carbocycles. The molecule has 1 heterocycles. The Morgan fingerprint density at radius 3 is 2.62 bits per heavy atom. The molecule has 0 fully saturated rings. The van der Waals surface area contributed by atoms with Crippen LogP contribution in [0.1, 0.15) is 20.3 Å². The number of ether oxygens (including phenoxy) is 1. The lowest BCUT2D eigenvalue weighted by molar-refractivity contribution is -0.114. The molecule has 0 saturated heterocycles. The van der Waals surface area contributed by atoms with Crippen LogP contribution in [-0.4, -0.2) is 25.0 Å². The summed E-state index contributed by atoms with van der Waals surface area (Å²) in [4.78, 5) is 23.7. The molecule has 0 unspecified atom stereocenters. The lowest BCUT2D eigenvalue weighted by atomic mass is 10.1. The molecule has 5 nitrogen and oxygen atoms in total. The van der Waals surface area contributed by atoms with Crippen LogP contribution in [0.3, 0.4) is 0 Å². The number of allylic oxidation sites excluding steroid dienone is 1. The summed E-state index contributed by atoms with van der Waals surface area (Å²) in [5.41, 5.74) is -1.27. The highest BCUT2D eigenvalue weighted by atomic mass is 19.2. The van der Waals surface area contributed by atoms with Crippen LogP contribution in [0.4, 0.5) is 29.3 Å². The molecular formula is C16H17F3N2O3. The SMILES string of the molecule is CC(C)COC(=O)Nc1cc(F)c(N2C=CC(=O)CC2)c(F)c1F. The zero-order valence-corrected chi connectivity index (χ0v) is 13.2. The molecule has 24 heavy (non-hydrogen) atoms. The van der Waals surface area contributed by atoms with Gasteiger partial charge >= 0.3 is 6.09 Å². The first kappa shape index (κ1) is 17.8. The van der Waals surface area contributed by atoms with E-state index in [0.717, 1.165) is 11.0 Å². The van der Waals surface area contributed by atoms with Gasteiger partial charge in [-0.25, -0.2) is 18.0 Å². The molecule has 130 valence electrons. The smallest absolute Gasteiger partial charge is 0.411 e. The van der Waals surface area contributed by atoms with Gasteiger partial charge in [0.25, 0.3) is 0 Å². The van der Waals surface area contributed by atoms with Crippen LogP contribution in [0.5, 0.6) is 0 Å². The molecule has 0 radical (unpaired) electrons. The minimum Gasteiger partial charge on any atom is -0.449 e. The number of ketones is 1. The Morgan fingerprint density at radius 2 is 2.04 bits per heavy atom. The zero-order valence-electron chi connectivity index (χ0n) is 13.2. The minimum atomic E-state index is -1.45. The summed E-state index contributed by atoms with van der Waals surface area (Å²) in [6, 6.07) is 0.675. The second kappa shape index (κ2) is 7.37. The molecule has 1 N–H and O–H groups in total. The monoisotopic (exact) mass is 342 g/mol. The van der Waals surface area contributed by atoms with Crippen LogP contribution in [0.25, 0.3) is 0 Å². The normalized spacial score (nSPS) is 14.2. The topological polar surface area (TPSA) is 58.6 Å². The predicted octanol–water partition coefficient (Wildman–Crippen LogP) is 3.60. The van der Waals surface area contributed by atoms with Gasteiger partial charge in [0, 0.05) is 25.2 Å². The van der Waals surface area contributed by atoms with Gasteiger partial charge in [-0.15, -0.1) is 0 Å². The van der Waals surface area contributed by atoms with Crippen molar-refractivity contribution in [3.8, 4) is 0 Å². The molecule has 1 aliphatic rings. The lowest BCUT2D eigenvalue weighted by Gasteiger charge is -2.24. The largest absolute Gasteiger partial charge is 0.449 e. The zero-order chi connectivity index (χ0) is 17.9. The number of halogens is 3. The molecule has 1 amide bonds. The van der Waals surface area contributed by atoms with Gasteiger partial charge in [0.2, 0.25) is 0 Å². The molecule has 0 bridgehead atoms. The highest BCUT2D eigenvalue weighted by Crippen LogP contribution is 2.31. The third-order valence-corrected chi connectivity index (χ3v) is 3.25. The first-order chi connectivity index (χ1) is 11.3. The van der Waals surface area contributed by atoms with Crippen LogP contribution in [0.15, 0.2) is 18.3 Å². The summed E-state index contributed by atoms with van der Waals surface area (Å²) in [7, 11) is 0. The van der Waals surface area contributed by atoms with Crippen molar-refractivity contribution < 1.29 is 27.5 Å². The second-order valence-corrected chi connectivity index (χ2v) is 5.73. The number of nitrogens with one attached hydrogen (secondary N) is 1. The first-order valence-corrected chi connectivity index (χ1v) is 7.38. The van der Waals surface area contributed by atoms with Crippen molar-refractivity contribution >= 4 is 23.3 Å². The third-order valence-electron chi connectivity index (χ3n) is 3.25. The Labute approximate surface area is 137 Å². The third kappa shape index (κ3) is 4.06. The summed E-state index contributed by atoms with van der Waals surface area (Å²) in [5.74, 6) is -4.04. The lowest BCUT2D eigenvalue weighted by Crippen LogP contribution is -2.26. The van der Waals surface area contributed by atoms with E-state index in [1.54, 1.807) is 13.8 Å². The summed E-state index contributed by atoms with van der Waals surface area (Å²) >= 11 is 0. The maximum atomic E-state index is 14.2. The van der Waals surface area contributed by atoms with Crippen molar-refractivity contribution in [3.05, 3.63) is 35.8 Å². The summed E-state index contributed by atoms with van der Waals surface area (Å²) in [6.07, 6.45) is 1.42. The van der Waals surface area contributed by atoms with Crippen LogP contribution >= 0.6 is 0 Å². The quantitative estimate of drug-likeness (QED) is 0.850. The number of carbonyl (C=O) groups is 2. The number of hydrogen-bond donors (Lipinski definition) is 1. The van der Waals surface area contributed by atoms with Crippen LogP contribution in [-0.2, 0) is 9.53 Å². The summed E-state index contributed by atoms with van der Waals surface area (Å²) in [6.45, 7) is 3.73. The van der Waals surface area contributed by atoms with Crippen LogP contribution in [0, 0.1) is 23.4 Å². The van der Waals surface area contributed by atoms with Gasteiger partial charge in [0.15, 0.2) is 23.2 Å². The number of amides is 1. The maximum absolute atomic E-state index is 14.2. The number of benzene rings is 1. The van der Waals surface area contributed by atoms with E-state index in [-0.39, 0.29) is 31.3 Å². The number of carbonyl (C=O) groups excluding carboxylic acids is 2. The molecular weight excluding hydrogens is 325 g/mol. The molecule has 0 aliphatic carbocycles. The number of nitrogens with zero attached hydrogens (tertiary/aromatic N) is 1. The first-order valence-electron chi connectivity index (χ1n) is 7.38. The van der Waals surface area contributed by atoms with E-state index in [9.17, 15) is 22.8 Å². The predicted molar refractivity (Wildman–Crippen MR) is 82.2 cm³/mol. The van der Waals surface area contributed by atoms with Crippen LogP contribution < -0.4 is 10.2 Å². The maximum Gasteiger partial charge on any atom is 0.411 e. The average Bonchev–Trinajstić information content (AvgIpc) is 2.52. The van der Waals surface area contributed by atoms with Crippen molar-refractivity contribution in [2.75, 3.05) is 23.4 Å². The van der Waals surface area contributed by atoms with E-state index in [1.165, 1.54) is 6.20 Å². The Bertz CT molecular complexity index is 690. The second-order valence-electron chi connectivity index (χ2n) is 5.73. The number of anilines is 2. The fourth-order valence-electron chi connectivity index (χ4n) is 2.08. The highest BCUT2D eigenvalue weighted by molar-refractivity contribution is 5.92. The van der Waals surface area contributed by atoms with E-state index < -0.39 is 34.9 Å².